The van der Waals surface area contributed by atoms with Gasteiger partial charge in [-0.25, -0.2) is 9.48 Å². The lowest BCUT2D eigenvalue weighted by Crippen LogP contribution is -2.33. The van der Waals surface area contributed by atoms with Crippen molar-refractivity contribution < 1.29 is 14.3 Å². The molecule has 7 heteroatoms. The average Bonchev–Trinajstić information content (AvgIpc) is 2.86. The number of methoxy groups -OCH3 is 1. The van der Waals surface area contributed by atoms with Gasteiger partial charge in [0.1, 0.15) is 12.6 Å². The number of nitrogens with zero attached hydrogens (tertiary/aromatic N) is 2. The summed E-state index contributed by atoms with van der Waals surface area (Å²) in [5, 5.41) is 10.4. The number of carbonyl (C=O) groups excluding carboxylic acids is 1. The molecule has 1 heterocycles. The van der Waals surface area contributed by atoms with Gasteiger partial charge >= 0.3 is 6.03 Å². The van der Waals surface area contributed by atoms with Gasteiger partial charge < -0.3 is 14.8 Å². The summed E-state index contributed by atoms with van der Waals surface area (Å²) >= 11 is 0. The van der Waals surface area contributed by atoms with Crippen LogP contribution in [0.4, 0.5) is 10.6 Å². The fourth-order valence-corrected chi connectivity index (χ4v) is 2.03. The molecule has 0 radical (unpaired) electrons. The molecule has 0 aliphatic rings. The van der Waals surface area contributed by atoms with E-state index in [1.807, 2.05) is 10.7 Å². The maximum atomic E-state index is 12.1. The predicted molar refractivity (Wildman–Crippen MR) is 95.4 cm³/mol. The first-order chi connectivity index (χ1) is 11.1. The second-order valence-electron chi connectivity index (χ2n) is 7.80. The van der Waals surface area contributed by atoms with Crippen LogP contribution in [0.15, 0.2) is 6.07 Å². The van der Waals surface area contributed by atoms with Crippen molar-refractivity contribution in [1.29, 1.82) is 0 Å². The van der Waals surface area contributed by atoms with E-state index in [2.05, 4.69) is 57.3 Å². The molecule has 0 bridgehead atoms. The fourth-order valence-electron chi connectivity index (χ4n) is 2.03. The number of hydrogen-bond donors (Lipinski definition) is 2. The third-order valence-electron chi connectivity index (χ3n) is 3.31. The Morgan fingerprint density at radius 3 is 2.46 bits per heavy atom. The minimum atomic E-state index is -0.243. The highest BCUT2D eigenvalue weighted by Crippen LogP contribution is 2.28. The van der Waals surface area contributed by atoms with E-state index in [0.717, 1.165) is 12.1 Å². The molecule has 0 aliphatic heterocycles. The maximum Gasteiger partial charge on any atom is 0.320 e. The van der Waals surface area contributed by atoms with Crippen molar-refractivity contribution >= 4 is 11.8 Å². The Balaban J connectivity index is 2.65. The molecule has 138 valence electrons. The van der Waals surface area contributed by atoms with E-state index in [0.29, 0.717) is 19.0 Å². The molecule has 1 aromatic rings. The highest BCUT2D eigenvalue weighted by molar-refractivity contribution is 5.88. The second kappa shape index (κ2) is 8.48. The molecule has 0 saturated carbocycles. The number of anilines is 1. The lowest BCUT2D eigenvalue weighted by molar-refractivity contribution is -0.0307. The van der Waals surface area contributed by atoms with Gasteiger partial charge in [0.05, 0.1) is 17.8 Å². The van der Waals surface area contributed by atoms with Crippen LogP contribution in [0.25, 0.3) is 0 Å². The first kappa shape index (κ1) is 20.4. The summed E-state index contributed by atoms with van der Waals surface area (Å²) in [5.74, 6) is 0.695. The number of hydrogen-bond acceptors (Lipinski definition) is 4. The van der Waals surface area contributed by atoms with Gasteiger partial charge in [-0.15, -0.1) is 0 Å². The van der Waals surface area contributed by atoms with Gasteiger partial charge in [-0.05, 0) is 27.2 Å². The zero-order valence-corrected chi connectivity index (χ0v) is 16.0. The number of ether oxygens (including phenoxy) is 2. The van der Waals surface area contributed by atoms with Gasteiger partial charge in [-0.2, -0.15) is 5.10 Å². The van der Waals surface area contributed by atoms with Crippen LogP contribution in [0.2, 0.25) is 0 Å². The summed E-state index contributed by atoms with van der Waals surface area (Å²) in [6.07, 6.45) is 0.725. The molecule has 0 aromatic carbocycles. The maximum absolute atomic E-state index is 12.1. The van der Waals surface area contributed by atoms with Gasteiger partial charge in [-0.1, -0.05) is 20.8 Å². The van der Waals surface area contributed by atoms with Crippen LogP contribution in [0.3, 0.4) is 0 Å². The van der Waals surface area contributed by atoms with E-state index < -0.39 is 0 Å². The highest BCUT2D eigenvalue weighted by atomic mass is 16.7. The number of urea groups is 1. The van der Waals surface area contributed by atoms with Crippen LogP contribution >= 0.6 is 0 Å². The van der Waals surface area contributed by atoms with E-state index in [4.69, 9.17) is 9.47 Å². The number of carbonyl (C=O) groups is 1. The van der Waals surface area contributed by atoms with Crippen LogP contribution in [0.1, 0.15) is 53.7 Å². The standard InChI is InChI=1S/C17H32N4O3/c1-16(2,3)13-11-14(21(20-13)17(4,5)6)19-15(22)18-9-8-10-24-12-23-7/h11H,8-10,12H2,1-7H3,(H2,18,19,22). The Bertz CT molecular complexity index is 527. The molecule has 0 unspecified atom stereocenters. The average molecular weight is 340 g/mol. The molecule has 2 N–H and O–H groups in total. The zero-order valence-electron chi connectivity index (χ0n) is 16.0. The molecular formula is C17H32N4O3. The van der Waals surface area contributed by atoms with Crippen molar-refractivity contribution in [3.8, 4) is 0 Å². The van der Waals surface area contributed by atoms with Gasteiger partial charge in [0.2, 0.25) is 0 Å². The predicted octanol–water partition coefficient (Wildman–Crippen LogP) is 3.07. The third kappa shape index (κ3) is 6.49. The minimum absolute atomic E-state index is 0.0813. The molecule has 24 heavy (non-hydrogen) atoms. The molecular weight excluding hydrogens is 308 g/mol. The monoisotopic (exact) mass is 340 g/mol. The van der Waals surface area contributed by atoms with Crippen molar-refractivity contribution in [3.05, 3.63) is 11.8 Å². The largest absolute Gasteiger partial charge is 0.359 e. The fraction of sp³-hybridized carbons (Fsp3) is 0.765. The third-order valence-corrected chi connectivity index (χ3v) is 3.31. The molecule has 1 aromatic heterocycles. The SMILES string of the molecule is COCOCCCNC(=O)Nc1cc(C(C)(C)C)nn1C(C)(C)C. The minimum Gasteiger partial charge on any atom is -0.359 e. The van der Waals surface area contributed by atoms with E-state index >= 15 is 0 Å². The Hall–Kier alpha value is -1.60. The van der Waals surface area contributed by atoms with Crippen molar-refractivity contribution in [2.45, 2.75) is 58.9 Å². The number of amides is 2. The van der Waals surface area contributed by atoms with Crippen molar-refractivity contribution in [2.24, 2.45) is 0 Å². The van der Waals surface area contributed by atoms with Crippen molar-refractivity contribution in [1.82, 2.24) is 15.1 Å². The molecule has 0 spiro atoms. The summed E-state index contributed by atoms with van der Waals surface area (Å²) in [5.41, 5.74) is 0.642. The molecule has 0 fully saturated rings. The summed E-state index contributed by atoms with van der Waals surface area (Å²) in [6.45, 7) is 13.8. The van der Waals surface area contributed by atoms with Crippen molar-refractivity contribution in [3.63, 3.8) is 0 Å². The summed E-state index contributed by atoms with van der Waals surface area (Å²) in [4.78, 5) is 12.1. The lowest BCUT2D eigenvalue weighted by Gasteiger charge is -2.23. The summed E-state index contributed by atoms with van der Waals surface area (Å²) < 4.78 is 11.8. The lowest BCUT2D eigenvalue weighted by atomic mass is 9.92. The van der Waals surface area contributed by atoms with Crippen LogP contribution in [0, 0.1) is 0 Å². The number of nitrogens with one attached hydrogen (secondary N) is 2. The van der Waals surface area contributed by atoms with E-state index in [1.54, 1.807) is 7.11 Å². The Kier molecular flexibility index (Phi) is 7.23. The van der Waals surface area contributed by atoms with Crippen LogP contribution in [-0.4, -0.2) is 42.9 Å². The zero-order chi connectivity index (χ0) is 18.4. The van der Waals surface area contributed by atoms with E-state index in [9.17, 15) is 4.79 Å². The van der Waals surface area contributed by atoms with Crippen LogP contribution in [0.5, 0.6) is 0 Å². The summed E-state index contributed by atoms with van der Waals surface area (Å²) in [6, 6.07) is 1.69. The van der Waals surface area contributed by atoms with Gasteiger partial charge in [0.15, 0.2) is 0 Å². The second-order valence-corrected chi connectivity index (χ2v) is 7.80. The van der Waals surface area contributed by atoms with Crippen molar-refractivity contribution in [2.75, 3.05) is 32.4 Å². The molecule has 0 saturated heterocycles. The number of aromatic nitrogens is 2. The topological polar surface area (TPSA) is 77.4 Å². The highest BCUT2D eigenvalue weighted by Gasteiger charge is 2.25. The smallest absolute Gasteiger partial charge is 0.320 e. The molecule has 1 rings (SSSR count). The Morgan fingerprint density at radius 2 is 1.92 bits per heavy atom. The molecule has 2 amide bonds. The Morgan fingerprint density at radius 1 is 1.25 bits per heavy atom. The Labute approximate surface area is 145 Å². The van der Waals surface area contributed by atoms with Gasteiger partial charge in [0, 0.05) is 25.1 Å². The van der Waals surface area contributed by atoms with Gasteiger partial charge in [-0.3, -0.25) is 5.32 Å². The summed E-state index contributed by atoms with van der Waals surface area (Å²) in [7, 11) is 1.58. The molecule has 0 atom stereocenters. The first-order valence-corrected chi connectivity index (χ1v) is 8.28. The van der Waals surface area contributed by atoms with Gasteiger partial charge in [0.25, 0.3) is 0 Å². The van der Waals surface area contributed by atoms with Crippen LogP contribution < -0.4 is 10.6 Å². The first-order valence-electron chi connectivity index (χ1n) is 8.28. The normalized spacial score (nSPS) is 12.3. The van der Waals surface area contributed by atoms with E-state index in [1.165, 1.54) is 0 Å². The van der Waals surface area contributed by atoms with Crippen LogP contribution in [-0.2, 0) is 20.4 Å². The number of rotatable bonds is 7. The van der Waals surface area contributed by atoms with E-state index in [-0.39, 0.29) is 23.8 Å². The molecule has 7 nitrogen and oxygen atoms in total. The quantitative estimate of drug-likeness (QED) is 0.591. The molecule has 0 aliphatic carbocycles.